The molecule has 2 heterocycles. The number of rotatable bonds is 14. The van der Waals surface area contributed by atoms with E-state index in [1.807, 2.05) is 24.3 Å². The van der Waals surface area contributed by atoms with E-state index in [1.165, 1.54) is 24.1 Å². The van der Waals surface area contributed by atoms with Crippen LogP contribution in [-0.2, 0) is 20.8 Å². The van der Waals surface area contributed by atoms with Gasteiger partial charge in [-0.15, -0.1) is 0 Å². The normalized spacial score (nSPS) is 16.9. The molecule has 1 amide bonds. The fourth-order valence-electron chi connectivity index (χ4n) is 6.41. The van der Waals surface area contributed by atoms with E-state index in [2.05, 4.69) is 77.6 Å². The van der Waals surface area contributed by atoms with Gasteiger partial charge < -0.3 is 24.4 Å². The van der Waals surface area contributed by atoms with Gasteiger partial charge in [-0.25, -0.2) is 0 Å². The van der Waals surface area contributed by atoms with Gasteiger partial charge in [0.25, 0.3) is 5.91 Å². The Morgan fingerprint density at radius 2 is 1.70 bits per heavy atom. The molecule has 1 aliphatic carbocycles. The summed E-state index contributed by atoms with van der Waals surface area (Å²) in [6.07, 6.45) is 8.59. The monoisotopic (exact) mass is 623 g/mol. The second-order valence-electron chi connectivity index (χ2n) is 13.0. The van der Waals surface area contributed by atoms with Gasteiger partial charge in [-0.2, -0.15) is 0 Å². The maximum Gasteiger partial charge on any atom is 0.251 e. The predicted molar refractivity (Wildman–Crippen MR) is 186 cm³/mol. The van der Waals surface area contributed by atoms with Crippen LogP contribution in [0, 0.1) is 5.92 Å². The molecule has 0 unspecified atom stereocenters. The molecule has 2 fully saturated rings. The molecular weight excluding hydrogens is 574 g/mol. The van der Waals surface area contributed by atoms with Crippen LogP contribution >= 0.6 is 0 Å². The van der Waals surface area contributed by atoms with Gasteiger partial charge in [0.15, 0.2) is 0 Å². The zero-order valence-electron chi connectivity index (χ0n) is 27.5. The van der Waals surface area contributed by atoms with E-state index in [-0.39, 0.29) is 5.91 Å². The first kappa shape index (κ1) is 32.3. The van der Waals surface area contributed by atoms with Crippen molar-refractivity contribution in [1.29, 1.82) is 0 Å². The Hall–Kier alpha value is -3.65. The summed E-state index contributed by atoms with van der Waals surface area (Å²) in [4.78, 5) is 18.5. The van der Waals surface area contributed by atoms with Gasteiger partial charge >= 0.3 is 0 Å². The summed E-state index contributed by atoms with van der Waals surface area (Å²) < 4.78 is 16.9. The highest BCUT2D eigenvalue weighted by atomic mass is 16.5. The lowest BCUT2D eigenvalue weighted by atomic mass is 10.00. The minimum Gasteiger partial charge on any atom is -0.491 e. The van der Waals surface area contributed by atoms with Gasteiger partial charge in [0.05, 0.1) is 6.61 Å². The SMILES string of the molecule is CCCOCCOc1ccc(-c2ccc3c(c2)C=C(C(=O)Nc2ccc(CN(C)C4CCOCC4)cc2)CCN3CC2CC2)cc1. The maximum absolute atomic E-state index is 13.6. The van der Waals surface area contributed by atoms with Crippen molar-refractivity contribution in [2.75, 3.05) is 63.4 Å². The minimum atomic E-state index is -0.0267. The quantitative estimate of drug-likeness (QED) is 0.189. The van der Waals surface area contributed by atoms with Crippen LogP contribution < -0.4 is 15.0 Å². The Balaban J connectivity index is 1.13. The number of nitrogens with one attached hydrogen (secondary N) is 1. The summed E-state index contributed by atoms with van der Waals surface area (Å²) in [5.41, 5.74) is 7.45. The molecule has 7 nitrogen and oxygen atoms in total. The minimum absolute atomic E-state index is 0.0267. The van der Waals surface area contributed by atoms with Gasteiger partial charge in [-0.3, -0.25) is 9.69 Å². The summed E-state index contributed by atoms with van der Waals surface area (Å²) >= 11 is 0. The van der Waals surface area contributed by atoms with Crippen LogP contribution in [0.3, 0.4) is 0 Å². The molecule has 1 saturated carbocycles. The fourth-order valence-corrected chi connectivity index (χ4v) is 6.41. The third kappa shape index (κ3) is 8.78. The lowest BCUT2D eigenvalue weighted by molar-refractivity contribution is -0.112. The number of carbonyl (C=O) groups excluding carboxylic acids is 1. The van der Waals surface area contributed by atoms with Crippen molar-refractivity contribution in [3.63, 3.8) is 0 Å². The largest absolute Gasteiger partial charge is 0.491 e. The summed E-state index contributed by atoms with van der Waals surface area (Å²) in [7, 11) is 2.19. The van der Waals surface area contributed by atoms with Crippen LogP contribution in [0.25, 0.3) is 17.2 Å². The molecule has 0 atom stereocenters. The van der Waals surface area contributed by atoms with Gasteiger partial charge in [-0.1, -0.05) is 37.3 Å². The van der Waals surface area contributed by atoms with E-state index >= 15 is 0 Å². The van der Waals surface area contributed by atoms with Gasteiger partial charge in [-0.05, 0) is 116 Å². The Kier molecular flexibility index (Phi) is 11.1. The molecule has 0 radical (unpaired) electrons. The summed E-state index contributed by atoms with van der Waals surface area (Å²) in [5.74, 6) is 1.57. The van der Waals surface area contributed by atoms with E-state index < -0.39 is 0 Å². The number of benzene rings is 3. The third-order valence-corrected chi connectivity index (χ3v) is 9.31. The Labute approximate surface area is 274 Å². The first-order valence-corrected chi connectivity index (χ1v) is 17.1. The van der Waals surface area contributed by atoms with E-state index in [1.54, 1.807) is 0 Å². The lowest BCUT2D eigenvalue weighted by Crippen LogP contribution is -2.36. The molecule has 1 N–H and O–H groups in total. The van der Waals surface area contributed by atoms with Crippen LogP contribution in [0.15, 0.2) is 72.3 Å². The zero-order chi connectivity index (χ0) is 31.7. The predicted octanol–water partition coefficient (Wildman–Crippen LogP) is 7.41. The standard InChI is InChI=1S/C39H49N3O4/c1-3-20-44-23-24-46-37-13-8-31(9-14-37)32-10-15-38-34(25-32)26-33(16-19-42(38)28-30-4-5-30)39(43)40-35-11-6-29(7-12-35)27-41(2)36-17-21-45-22-18-36/h6-15,25-26,30,36H,3-5,16-24,27-28H2,1-2H3,(H,40,43). The first-order valence-electron chi connectivity index (χ1n) is 17.1. The van der Waals surface area contributed by atoms with Crippen LogP contribution in [-0.4, -0.2) is 70.0 Å². The number of amides is 1. The summed E-state index contributed by atoms with van der Waals surface area (Å²) in [6, 6.07) is 23.8. The van der Waals surface area contributed by atoms with Gasteiger partial charge in [0, 0.05) is 62.4 Å². The Morgan fingerprint density at radius 1 is 0.935 bits per heavy atom. The van der Waals surface area contributed by atoms with Crippen molar-refractivity contribution < 1.29 is 19.0 Å². The highest BCUT2D eigenvalue weighted by molar-refractivity contribution is 6.07. The number of anilines is 2. The number of hydrogen-bond donors (Lipinski definition) is 1. The molecule has 1 saturated heterocycles. The second-order valence-corrected chi connectivity index (χ2v) is 13.0. The number of carbonyl (C=O) groups is 1. The van der Waals surface area contributed by atoms with Crippen molar-refractivity contribution >= 4 is 23.4 Å². The molecule has 0 aromatic heterocycles. The molecule has 3 aromatic rings. The van der Waals surface area contributed by atoms with Crippen LogP contribution in [0.2, 0.25) is 0 Å². The second kappa shape index (κ2) is 15.8. The van der Waals surface area contributed by atoms with Crippen molar-refractivity contribution in [3.8, 4) is 16.9 Å². The molecule has 0 bridgehead atoms. The summed E-state index contributed by atoms with van der Waals surface area (Å²) in [6.45, 7) is 8.48. The zero-order valence-corrected chi connectivity index (χ0v) is 27.5. The van der Waals surface area contributed by atoms with Gasteiger partial charge in [0.2, 0.25) is 0 Å². The van der Waals surface area contributed by atoms with E-state index in [0.717, 1.165) is 98.3 Å². The highest BCUT2D eigenvalue weighted by Gasteiger charge is 2.27. The van der Waals surface area contributed by atoms with Crippen LogP contribution in [0.5, 0.6) is 5.75 Å². The molecule has 6 rings (SSSR count). The van der Waals surface area contributed by atoms with Crippen molar-refractivity contribution in [1.82, 2.24) is 4.90 Å². The number of nitrogens with zero attached hydrogens (tertiary/aromatic N) is 2. The topological polar surface area (TPSA) is 63.3 Å². The molecule has 0 spiro atoms. The summed E-state index contributed by atoms with van der Waals surface area (Å²) in [5, 5.41) is 3.18. The van der Waals surface area contributed by atoms with Crippen molar-refractivity contribution in [2.45, 2.75) is 58.0 Å². The van der Waals surface area contributed by atoms with Crippen molar-refractivity contribution in [3.05, 3.63) is 83.4 Å². The fraction of sp³-hybridized carbons (Fsp3) is 0.462. The third-order valence-electron chi connectivity index (χ3n) is 9.31. The van der Waals surface area contributed by atoms with E-state index in [9.17, 15) is 4.79 Å². The van der Waals surface area contributed by atoms with E-state index in [0.29, 0.717) is 25.7 Å². The van der Waals surface area contributed by atoms with Crippen LogP contribution in [0.4, 0.5) is 11.4 Å². The smallest absolute Gasteiger partial charge is 0.251 e. The molecule has 3 aliphatic rings. The molecule has 46 heavy (non-hydrogen) atoms. The average molecular weight is 624 g/mol. The first-order chi connectivity index (χ1) is 22.6. The number of fused-ring (bicyclic) bond motifs is 1. The number of hydrogen-bond acceptors (Lipinski definition) is 6. The number of ether oxygens (including phenoxy) is 3. The molecule has 3 aromatic carbocycles. The van der Waals surface area contributed by atoms with Crippen molar-refractivity contribution in [2.24, 2.45) is 5.92 Å². The maximum atomic E-state index is 13.6. The van der Waals surface area contributed by atoms with Crippen LogP contribution in [0.1, 0.15) is 56.6 Å². The van der Waals surface area contributed by atoms with E-state index in [4.69, 9.17) is 14.2 Å². The average Bonchev–Trinajstić information content (AvgIpc) is 3.93. The molecule has 7 heteroatoms. The highest BCUT2D eigenvalue weighted by Crippen LogP contribution is 2.37. The molecular formula is C39H49N3O4. The lowest BCUT2D eigenvalue weighted by Gasteiger charge is -2.31. The Bertz CT molecular complexity index is 1460. The molecule has 244 valence electrons. The Morgan fingerprint density at radius 3 is 2.43 bits per heavy atom. The molecule has 2 aliphatic heterocycles. The van der Waals surface area contributed by atoms with Gasteiger partial charge in [0.1, 0.15) is 12.4 Å².